The van der Waals surface area contributed by atoms with Gasteiger partial charge in [0.25, 0.3) is 0 Å². The maximum Gasteiger partial charge on any atom is 0.137 e. The molecule has 0 unspecified atom stereocenters. The molecule has 142 valence electrons. The Morgan fingerprint density at radius 2 is 1.62 bits per heavy atom. The molecule has 0 saturated heterocycles. The predicted octanol–water partition coefficient (Wildman–Crippen LogP) is 6.00. The minimum atomic E-state index is 0.173. The Labute approximate surface area is 169 Å². The van der Waals surface area contributed by atoms with Crippen molar-refractivity contribution in [2.75, 3.05) is 0 Å². The molecule has 0 aliphatic rings. The summed E-state index contributed by atoms with van der Waals surface area (Å²) in [4.78, 5) is 8.87. The van der Waals surface area contributed by atoms with Crippen molar-refractivity contribution in [2.45, 2.75) is 20.0 Å². The molecular formula is C25H21N3O. The number of rotatable bonds is 4. The van der Waals surface area contributed by atoms with Gasteiger partial charge in [-0.3, -0.25) is 9.38 Å². The van der Waals surface area contributed by atoms with Gasteiger partial charge in [-0.1, -0.05) is 24.3 Å². The molecule has 3 aromatic heterocycles. The van der Waals surface area contributed by atoms with Gasteiger partial charge in [0.15, 0.2) is 0 Å². The number of fused-ring (bicyclic) bond motifs is 2. The van der Waals surface area contributed by atoms with Crippen LogP contribution in [-0.4, -0.2) is 20.5 Å². The van der Waals surface area contributed by atoms with Gasteiger partial charge in [-0.05, 0) is 66.8 Å². The highest BCUT2D eigenvalue weighted by atomic mass is 16.5. The van der Waals surface area contributed by atoms with Crippen molar-refractivity contribution in [3.8, 4) is 28.1 Å². The Bertz CT molecular complexity index is 1300. The first-order valence-corrected chi connectivity index (χ1v) is 9.76. The molecule has 5 aromatic rings. The van der Waals surface area contributed by atoms with Crippen LogP contribution in [0, 0.1) is 0 Å². The van der Waals surface area contributed by atoms with Crippen LogP contribution in [0.3, 0.4) is 0 Å². The number of imidazole rings is 1. The van der Waals surface area contributed by atoms with Gasteiger partial charge in [-0.25, -0.2) is 4.98 Å². The van der Waals surface area contributed by atoms with Crippen LogP contribution >= 0.6 is 0 Å². The van der Waals surface area contributed by atoms with Gasteiger partial charge in [0, 0.05) is 29.5 Å². The summed E-state index contributed by atoms with van der Waals surface area (Å²) >= 11 is 0. The van der Waals surface area contributed by atoms with E-state index in [1.807, 2.05) is 50.6 Å². The number of nitrogens with zero attached hydrogens (tertiary/aromatic N) is 3. The number of ether oxygens (including phenoxy) is 1. The van der Waals surface area contributed by atoms with Crippen molar-refractivity contribution < 1.29 is 4.74 Å². The third kappa shape index (κ3) is 3.34. The van der Waals surface area contributed by atoms with Crippen molar-refractivity contribution in [2.24, 2.45) is 0 Å². The molecule has 0 saturated carbocycles. The summed E-state index contributed by atoms with van der Waals surface area (Å²) in [6.45, 7) is 4.06. The van der Waals surface area contributed by atoms with Crippen LogP contribution in [0.1, 0.15) is 13.8 Å². The summed E-state index contributed by atoms with van der Waals surface area (Å²) in [6, 6.07) is 20.9. The minimum absolute atomic E-state index is 0.173. The molecule has 0 atom stereocenters. The maximum absolute atomic E-state index is 5.74. The van der Waals surface area contributed by atoms with E-state index in [9.17, 15) is 0 Å². The van der Waals surface area contributed by atoms with Crippen LogP contribution < -0.4 is 4.74 Å². The summed E-state index contributed by atoms with van der Waals surface area (Å²) in [5.41, 5.74) is 5.39. The monoisotopic (exact) mass is 379 g/mol. The average Bonchev–Trinajstić information content (AvgIpc) is 3.17. The number of benzene rings is 2. The second kappa shape index (κ2) is 7.06. The van der Waals surface area contributed by atoms with Gasteiger partial charge < -0.3 is 4.74 Å². The average molecular weight is 379 g/mol. The van der Waals surface area contributed by atoms with Crippen LogP contribution in [0.25, 0.3) is 38.8 Å². The van der Waals surface area contributed by atoms with E-state index in [0.717, 1.165) is 39.2 Å². The van der Waals surface area contributed by atoms with E-state index in [0.29, 0.717) is 0 Å². The van der Waals surface area contributed by atoms with Crippen LogP contribution in [0.4, 0.5) is 0 Å². The van der Waals surface area contributed by atoms with Gasteiger partial charge in [0.1, 0.15) is 11.4 Å². The molecule has 0 radical (unpaired) electrons. The molecule has 0 fully saturated rings. The van der Waals surface area contributed by atoms with E-state index in [1.165, 1.54) is 5.39 Å². The largest absolute Gasteiger partial charge is 0.491 e. The molecule has 4 nitrogen and oxygen atoms in total. The molecule has 5 rings (SSSR count). The summed E-state index contributed by atoms with van der Waals surface area (Å²) in [7, 11) is 0. The zero-order chi connectivity index (χ0) is 19.8. The zero-order valence-electron chi connectivity index (χ0n) is 16.4. The Morgan fingerprint density at radius 1 is 0.793 bits per heavy atom. The number of pyridine rings is 2. The molecule has 2 aromatic carbocycles. The highest BCUT2D eigenvalue weighted by Gasteiger charge is 2.09. The lowest BCUT2D eigenvalue weighted by molar-refractivity contribution is 0.242. The van der Waals surface area contributed by atoms with Gasteiger partial charge in [0.05, 0.1) is 18.0 Å². The highest BCUT2D eigenvalue weighted by Crippen LogP contribution is 2.28. The van der Waals surface area contributed by atoms with Crippen molar-refractivity contribution in [1.82, 2.24) is 14.4 Å². The number of hydrogen-bond donors (Lipinski definition) is 0. The summed E-state index contributed by atoms with van der Waals surface area (Å²) in [5.74, 6) is 0.888. The molecule has 0 bridgehead atoms. The van der Waals surface area contributed by atoms with E-state index in [-0.39, 0.29) is 6.10 Å². The third-order valence-electron chi connectivity index (χ3n) is 5.01. The fourth-order valence-corrected chi connectivity index (χ4v) is 3.62. The van der Waals surface area contributed by atoms with E-state index in [4.69, 9.17) is 4.74 Å². The fraction of sp³-hybridized carbons (Fsp3) is 0.120. The summed E-state index contributed by atoms with van der Waals surface area (Å²) in [6.07, 6.45) is 7.90. The summed E-state index contributed by atoms with van der Waals surface area (Å²) < 4.78 is 7.86. The van der Waals surface area contributed by atoms with Gasteiger partial charge in [0.2, 0.25) is 0 Å². The lowest BCUT2D eigenvalue weighted by Gasteiger charge is -2.10. The highest BCUT2D eigenvalue weighted by molar-refractivity contribution is 5.86. The third-order valence-corrected chi connectivity index (χ3v) is 5.01. The van der Waals surface area contributed by atoms with Crippen molar-refractivity contribution >= 4 is 16.4 Å². The van der Waals surface area contributed by atoms with Crippen molar-refractivity contribution in [1.29, 1.82) is 0 Å². The maximum atomic E-state index is 5.74. The Morgan fingerprint density at radius 3 is 2.45 bits per heavy atom. The Balaban J connectivity index is 1.51. The standard InChI is InChI=1S/C25H21N3O/c1-17(2)29-23-7-5-18(6-8-23)20-10-12-28-24(16-27-25(28)14-20)21-4-3-19-9-11-26-15-22(19)13-21/h3-17H,1-2H3. The normalized spacial score (nSPS) is 11.4. The van der Waals surface area contributed by atoms with Crippen LogP contribution in [0.5, 0.6) is 5.75 Å². The molecule has 3 heterocycles. The predicted molar refractivity (Wildman–Crippen MR) is 117 cm³/mol. The number of aromatic nitrogens is 3. The minimum Gasteiger partial charge on any atom is -0.491 e. The molecule has 0 N–H and O–H groups in total. The zero-order valence-corrected chi connectivity index (χ0v) is 16.4. The molecule has 4 heteroatoms. The molecule has 0 spiro atoms. The van der Waals surface area contributed by atoms with Gasteiger partial charge in [-0.15, -0.1) is 0 Å². The van der Waals surface area contributed by atoms with Crippen LogP contribution in [0.15, 0.2) is 85.5 Å². The Hall–Kier alpha value is -3.66. The van der Waals surface area contributed by atoms with E-state index < -0.39 is 0 Å². The van der Waals surface area contributed by atoms with Crippen molar-refractivity contribution in [3.05, 3.63) is 85.5 Å². The molecule has 0 aliphatic carbocycles. The van der Waals surface area contributed by atoms with Gasteiger partial charge >= 0.3 is 0 Å². The summed E-state index contributed by atoms with van der Waals surface area (Å²) in [5, 5.41) is 2.31. The molecular weight excluding hydrogens is 358 g/mol. The topological polar surface area (TPSA) is 39.4 Å². The molecule has 0 amide bonds. The van der Waals surface area contributed by atoms with E-state index in [1.54, 1.807) is 0 Å². The molecule has 0 aliphatic heterocycles. The fourth-order valence-electron chi connectivity index (χ4n) is 3.62. The second-order valence-corrected chi connectivity index (χ2v) is 7.42. The van der Waals surface area contributed by atoms with E-state index >= 15 is 0 Å². The quantitative estimate of drug-likeness (QED) is 0.384. The first-order chi connectivity index (χ1) is 14.2. The van der Waals surface area contributed by atoms with E-state index in [2.05, 4.69) is 63.0 Å². The number of hydrogen-bond acceptors (Lipinski definition) is 3. The van der Waals surface area contributed by atoms with Gasteiger partial charge in [-0.2, -0.15) is 0 Å². The molecule has 29 heavy (non-hydrogen) atoms. The van der Waals surface area contributed by atoms with Crippen molar-refractivity contribution in [3.63, 3.8) is 0 Å². The lowest BCUT2D eigenvalue weighted by atomic mass is 10.1. The first kappa shape index (κ1) is 17.4. The van der Waals surface area contributed by atoms with Crippen LogP contribution in [0.2, 0.25) is 0 Å². The lowest BCUT2D eigenvalue weighted by Crippen LogP contribution is -2.05. The smallest absolute Gasteiger partial charge is 0.137 e. The second-order valence-electron chi connectivity index (χ2n) is 7.42. The Kier molecular flexibility index (Phi) is 4.24. The first-order valence-electron chi connectivity index (χ1n) is 9.76. The SMILES string of the molecule is CC(C)Oc1ccc(-c2ccn3c(-c4ccc5ccncc5c4)cnc3c2)cc1. The van der Waals surface area contributed by atoms with Crippen LogP contribution in [-0.2, 0) is 0 Å².